The van der Waals surface area contributed by atoms with E-state index >= 15 is 0 Å². The molecule has 5 saturated carbocycles. The molecule has 6 rings (SSSR count). The highest BCUT2D eigenvalue weighted by Gasteiger charge is 2.72. The first-order valence-electron chi connectivity index (χ1n) is 12.7. The first-order chi connectivity index (χ1) is 15.7. The predicted molar refractivity (Wildman–Crippen MR) is 123 cm³/mol. The van der Waals surface area contributed by atoms with E-state index in [1.165, 1.54) is 0 Å². The number of hydrogen-bond donors (Lipinski definition) is 0. The Kier molecular flexibility index (Phi) is 5.39. The Morgan fingerprint density at radius 1 is 1.12 bits per heavy atom. The molecule has 5 aliphatic carbocycles. The zero-order valence-electron chi connectivity index (χ0n) is 20.1. The zero-order valence-corrected chi connectivity index (χ0v) is 20.1. The Labute approximate surface area is 196 Å². The summed E-state index contributed by atoms with van der Waals surface area (Å²) in [5.41, 5.74) is -0.401. The quantitative estimate of drug-likeness (QED) is 0.468. The van der Waals surface area contributed by atoms with E-state index in [0.717, 1.165) is 38.5 Å². The van der Waals surface area contributed by atoms with Crippen molar-refractivity contribution in [2.45, 2.75) is 58.8 Å². The molecule has 6 nitrogen and oxygen atoms in total. The number of nitrogens with zero attached hydrogens (tertiary/aromatic N) is 1. The van der Waals surface area contributed by atoms with Gasteiger partial charge in [-0.15, -0.1) is 0 Å². The number of carbonyl (C=O) groups is 3. The fourth-order valence-electron chi connectivity index (χ4n) is 8.38. The minimum absolute atomic E-state index is 0.0569. The van der Waals surface area contributed by atoms with Crippen molar-refractivity contribution >= 4 is 17.7 Å². The summed E-state index contributed by atoms with van der Waals surface area (Å²) in [5, 5.41) is 0. The lowest BCUT2D eigenvalue weighted by Gasteiger charge is -2.67. The molecule has 0 aromatic heterocycles. The maximum Gasteiger partial charge on any atom is 0.409 e. The molecule has 6 aliphatic rings. The van der Waals surface area contributed by atoms with Crippen LogP contribution in [0.5, 0.6) is 0 Å². The van der Waals surface area contributed by atoms with Gasteiger partial charge in [-0.05, 0) is 60.5 Å². The lowest BCUT2D eigenvalue weighted by Crippen LogP contribution is -2.69. The second-order valence-electron chi connectivity index (χ2n) is 11.4. The Balaban J connectivity index is 1.57. The van der Waals surface area contributed by atoms with Gasteiger partial charge >= 0.3 is 6.09 Å². The van der Waals surface area contributed by atoms with E-state index in [1.54, 1.807) is 4.90 Å². The zero-order chi connectivity index (χ0) is 23.6. The fraction of sp³-hybridized carbons (Fsp3) is 0.741. The van der Waals surface area contributed by atoms with Crippen LogP contribution < -0.4 is 0 Å². The monoisotopic (exact) mass is 455 g/mol. The molecule has 2 bridgehead atoms. The van der Waals surface area contributed by atoms with Crippen molar-refractivity contribution in [3.05, 3.63) is 24.3 Å². The Morgan fingerprint density at radius 2 is 1.82 bits per heavy atom. The molecule has 3 unspecified atom stereocenters. The van der Waals surface area contributed by atoms with Crippen LogP contribution in [0.1, 0.15) is 58.8 Å². The molecule has 6 atom stereocenters. The van der Waals surface area contributed by atoms with Gasteiger partial charge in [0.2, 0.25) is 0 Å². The largest absolute Gasteiger partial charge is 0.449 e. The first kappa shape index (κ1) is 22.8. The number of Topliss-reactive ketones (excluding diaryl/α,β-unsaturated/α-hetero) is 2. The maximum atomic E-state index is 14.0. The van der Waals surface area contributed by atoms with Crippen LogP contribution in [0.4, 0.5) is 4.79 Å². The summed E-state index contributed by atoms with van der Waals surface area (Å²) in [4.78, 5) is 42.3. The van der Waals surface area contributed by atoms with Crippen LogP contribution in [-0.2, 0) is 19.1 Å². The number of rotatable bonds is 3. The van der Waals surface area contributed by atoms with Crippen molar-refractivity contribution in [1.82, 2.24) is 4.90 Å². The summed E-state index contributed by atoms with van der Waals surface area (Å²) in [6.45, 7) is 15.2. The molecule has 1 heterocycles. The van der Waals surface area contributed by atoms with E-state index in [-0.39, 0.29) is 47.4 Å². The highest BCUT2D eigenvalue weighted by Crippen LogP contribution is 2.71. The van der Waals surface area contributed by atoms with Crippen LogP contribution in [0.2, 0.25) is 0 Å². The van der Waals surface area contributed by atoms with Gasteiger partial charge in [-0.3, -0.25) is 9.59 Å². The van der Waals surface area contributed by atoms with Gasteiger partial charge in [-0.1, -0.05) is 39.8 Å². The van der Waals surface area contributed by atoms with Gasteiger partial charge in [0.15, 0.2) is 11.6 Å². The van der Waals surface area contributed by atoms with Crippen molar-refractivity contribution in [1.29, 1.82) is 0 Å². The maximum absolute atomic E-state index is 14.0. The standard InChI is InChI=1S/C27H37NO5/c1-5-25(4)8-6-9-26(16-33-24(31)28-11-13-32-14-12-28)20-15-19-7-10-27(20,22(29)17(19)2)23(30)18(3)21(25)26/h19-21H,2-3,5-16H2,1,4H3/t19-,20?,21?,25+,26+,27?/m0/s1. The van der Waals surface area contributed by atoms with Gasteiger partial charge in [0.25, 0.3) is 0 Å². The van der Waals surface area contributed by atoms with Crippen molar-refractivity contribution in [3.63, 3.8) is 0 Å². The summed E-state index contributed by atoms with van der Waals surface area (Å²) < 4.78 is 11.4. The SMILES string of the molecule is C=C1C(=O)C23CC[C@@H](CC2[C@]2(COC(=O)N4CCOCC4)CCC[C@@](C)(CC)C12)C(=C)C3=O. The highest BCUT2D eigenvalue weighted by atomic mass is 16.6. The number of allylic oxidation sites excluding steroid dienone is 2. The molecular formula is C27H37NO5. The van der Waals surface area contributed by atoms with Gasteiger partial charge in [0.05, 0.1) is 25.2 Å². The van der Waals surface area contributed by atoms with Crippen LogP contribution in [-0.4, -0.2) is 55.5 Å². The second kappa shape index (κ2) is 7.79. The molecule has 0 N–H and O–H groups in total. The van der Waals surface area contributed by atoms with Crippen molar-refractivity contribution in [2.75, 3.05) is 32.9 Å². The third-order valence-corrected chi connectivity index (χ3v) is 10.1. The predicted octanol–water partition coefficient (Wildman–Crippen LogP) is 4.34. The normalized spacial score (nSPS) is 42.7. The average molecular weight is 456 g/mol. The van der Waals surface area contributed by atoms with E-state index in [4.69, 9.17) is 9.47 Å². The van der Waals surface area contributed by atoms with Crippen molar-refractivity contribution in [3.8, 4) is 0 Å². The van der Waals surface area contributed by atoms with Crippen LogP contribution in [0.3, 0.4) is 0 Å². The second-order valence-corrected chi connectivity index (χ2v) is 11.4. The van der Waals surface area contributed by atoms with E-state index in [1.807, 2.05) is 0 Å². The van der Waals surface area contributed by atoms with Gasteiger partial charge in [0.1, 0.15) is 0 Å². The molecule has 33 heavy (non-hydrogen) atoms. The molecule has 0 aromatic rings. The Morgan fingerprint density at radius 3 is 2.52 bits per heavy atom. The molecule has 6 fully saturated rings. The molecular weight excluding hydrogens is 418 g/mol. The minimum atomic E-state index is -1.06. The van der Waals surface area contributed by atoms with E-state index in [0.29, 0.717) is 43.9 Å². The van der Waals surface area contributed by atoms with Gasteiger partial charge in [-0.25, -0.2) is 4.79 Å². The number of ether oxygens (including phenoxy) is 2. The molecule has 1 spiro atoms. The topological polar surface area (TPSA) is 72.9 Å². The number of carbonyl (C=O) groups excluding carboxylic acids is 3. The highest BCUT2D eigenvalue weighted by molar-refractivity contribution is 6.21. The number of morpholine rings is 1. The molecule has 180 valence electrons. The fourth-order valence-corrected chi connectivity index (χ4v) is 8.38. The molecule has 1 saturated heterocycles. The number of ketones is 2. The summed E-state index contributed by atoms with van der Waals surface area (Å²) in [5.74, 6) is -0.190. The van der Waals surface area contributed by atoms with Gasteiger partial charge < -0.3 is 14.4 Å². The molecule has 0 aromatic carbocycles. The van der Waals surface area contributed by atoms with E-state index in [2.05, 4.69) is 27.0 Å². The van der Waals surface area contributed by atoms with Crippen LogP contribution in [0, 0.1) is 34.0 Å². The number of hydrogen-bond acceptors (Lipinski definition) is 5. The summed E-state index contributed by atoms with van der Waals surface area (Å²) in [6, 6.07) is 0. The Hall–Kier alpha value is -1.95. The minimum Gasteiger partial charge on any atom is -0.449 e. The van der Waals surface area contributed by atoms with Gasteiger partial charge in [0, 0.05) is 24.4 Å². The third kappa shape index (κ3) is 2.98. The lowest BCUT2D eigenvalue weighted by atomic mass is 9.35. The van der Waals surface area contributed by atoms with Crippen LogP contribution in [0.25, 0.3) is 0 Å². The number of fused-ring (bicyclic) bond motifs is 3. The van der Waals surface area contributed by atoms with E-state index in [9.17, 15) is 14.4 Å². The van der Waals surface area contributed by atoms with Crippen molar-refractivity contribution < 1.29 is 23.9 Å². The smallest absolute Gasteiger partial charge is 0.409 e. The average Bonchev–Trinajstić information content (AvgIpc) is 2.84. The molecule has 6 heteroatoms. The molecule has 1 aliphatic heterocycles. The molecule has 0 radical (unpaired) electrons. The summed E-state index contributed by atoms with van der Waals surface area (Å²) >= 11 is 0. The third-order valence-electron chi connectivity index (χ3n) is 10.1. The van der Waals surface area contributed by atoms with Crippen LogP contribution >= 0.6 is 0 Å². The van der Waals surface area contributed by atoms with E-state index < -0.39 is 10.8 Å². The van der Waals surface area contributed by atoms with Crippen LogP contribution in [0.15, 0.2) is 24.3 Å². The first-order valence-corrected chi connectivity index (χ1v) is 12.7. The summed E-state index contributed by atoms with van der Waals surface area (Å²) in [7, 11) is 0. The van der Waals surface area contributed by atoms with Crippen molar-refractivity contribution in [2.24, 2.45) is 34.0 Å². The lowest BCUT2D eigenvalue weighted by molar-refractivity contribution is -0.185. The summed E-state index contributed by atoms with van der Waals surface area (Å²) in [6.07, 6.45) is 5.68. The Bertz CT molecular complexity index is 919. The van der Waals surface area contributed by atoms with Gasteiger partial charge in [-0.2, -0.15) is 0 Å². The molecule has 1 amide bonds. The number of amides is 1.